The highest BCUT2D eigenvalue weighted by atomic mass is 16.5. The maximum atomic E-state index is 6.06. The van der Waals surface area contributed by atoms with Crippen molar-refractivity contribution in [1.82, 2.24) is 9.78 Å². The summed E-state index contributed by atoms with van der Waals surface area (Å²) in [6, 6.07) is 8.03. The second-order valence-corrected chi connectivity index (χ2v) is 4.59. The molecule has 0 radical (unpaired) electrons. The average molecular weight is 259 g/mol. The van der Waals surface area contributed by atoms with Crippen LogP contribution in [0.1, 0.15) is 31.5 Å². The van der Waals surface area contributed by atoms with E-state index in [4.69, 9.17) is 10.5 Å². The molecular formula is C15H21N3O. The van der Waals surface area contributed by atoms with Gasteiger partial charge in [-0.05, 0) is 31.4 Å². The van der Waals surface area contributed by atoms with Crippen LogP contribution < -0.4 is 10.5 Å². The lowest BCUT2D eigenvalue weighted by molar-refractivity contribution is 0.407. The summed E-state index contributed by atoms with van der Waals surface area (Å²) in [5, 5.41) is 4.42. The van der Waals surface area contributed by atoms with Gasteiger partial charge in [0.25, 0.3) is 0 Å². The SMILES string of the molecule is CCCn1nc(C)c(N)c1Oc1ccccc1CC. The van der Waals surface area contributed by atoms with Gasteiger partial charge in [-0.1, -0.05) is 32.0 Å². The molecule has 2 aromatic rings. The molecule has 0 amide bonds. The lowest BCUT2D eigenvalue weighted by atomic mass is 10.1. The van der Waals surface area contributed by atoms with Crippen molar-refractivity contribution in [3.8, 4) is 11.6 Å². The minimum absolute atomic E-state index is 0.624. The van der Waals surface area contributed by atoms with Gasteiger partial charge >= 0.3 is 0 Å². The summed E-state index contributed by atoms with van der Waals surface area (Å²) >= 11 is 0. The molecule has 0 bridgehead atoms. The fourth-order valence-electron chi connectivity index (χ4n) is 2.04. The first kappa shape index (κ1) is 13.5. The highest BCUT2D eigenvalue weighted by Gasteiger charge is 2.15. The molecule has 0 aliphatic heterocycles. The molecule has 0 aliphatic rings. The summed E-state index contributed by atoms with van der Waals surface area (Å²) in [6.07, 6.45) is 1.92. The zero-order chi connectivity index (χ0) is 13.8. The van der Waals surface area contributed by atoms with Crippen LogP contribution in [0.15, 0.2) is 24.3 Å². The number of aryl methyl sites for hydroxylation is 3. The van der Waals surface area contributed by atoms with Crippen molar-refractivity contribution in [2.45, 2.75) is 40.2 Å². The third kappa shape index (κ3) is 2.72. The van der Waals surface area contributed by atoms with Gasteiger partial charge in [0.05, 0.1) is 5.69 Å². The van der Waals surface area contributed by atoms with Gasteiger partial charge in [-0.2, -0.15) is 5.10 Å². The Balaban J connectivity index is 2.37. The average Bonchev–Trinajstić information content (AvgIpc) is 2.68. The van der Waals surface area contributed by atoms with Crippen LogP contribution in [0.2, 0.25) is 0 Å². The zero-order valence-corrected chi connectivity index (χ0v) is 11.8. The Labute approximate surface area is 114 Å². The van der Waals surface area contributed by atoms with Crippen molar-refractivity contribution in [1.29, 1.82) is 0 Å². The topological polar surface area (TPSA) is 53.1 Å². The van der Waals surface area contributed by atoms with Gasteiger partial charge in [0.15, 0.2) is 0 Å². The van der Waals surface area contributed by atoms with Gasteiger partial charge in [-0.3, -0.25) is 0 Å². The number of hydrogen-bond donors (Lipinski definition) is 1. The molecular weight excluding hydrogens is 238 g/mol. The first-order chi connectivity index (χ1) is 9.17. The smallest absolute Gasteiger partial charge is 0.241 e. The Kier molecular flexibility index (Phi) is 4.10. The second kappa shape index (κ2) is 5.78. The van der Waals surface area contributed by atoms with Crippen LogP contribution in [-0.2, 0) is 13.0 Å². The lowest BCUT2D eigenvalue weighted by Crippen LogP contribution is -2.03. The van der Waals surface area contributed by atoms with E-state index in [1.807, 2.05) is 29.8 Å². The molecule has 4 heteroatoms. The molecule has 102 valence electrons. The van der Waals surface area contributed by atoms with Crippen molar-refractivity contribution in [2.24, 2.45) is 0 Å². The Morgan fingerprint density at radius 3 is 2.68 bits per heavy atom. The van der Waals surface area contributed by atoms with E-state index in [1.165, 1.54) is 5.56 Å². The number of anilines is 1. The number of ether oxygens (including phenoxy) is 1. The molecule has 2 rings (SSSR count). The van der Waals surface area contributed by atoms with Gasteiger partial charge in [0, 0.05) is 6.54 Å². The van der Waals surface area contributed by atoms with Crippen molar-refractivity contribution in [3.05, 3.63) is 35.5 Å². The lowest BCUT2D eigenvalue weighted by Gasteiger charge is -2.11. The van der Waals surface area contributed by atoms with Crippen molar-refractivity contribution < 1.29 is 4.74 Å². The third-order valence-corrected chi connectivity index (χ3v) is 3.12. The zero-order valence-electron chi connectivity index (χ0n) is 11.8. The van der Waals surface area contributed by atoms with Gasteiger partial charge in [-0.25, -0.2) is 4.68 Å². The minimum Gasteiger partial charge on any atom is -0.437 e. The Morgan fingerprint density at radius 2 is 2.00 bits per heavy atom. The van der Waals surface area contributed by atoms with E-state index >= 15 is 0 Å². The molecule has 0 fully saturated rings. The first-order valence-electron chi connectivity index (χ1n) is 6.76. The van der Waals surface area contributed by atoms with E-state index in [-0.39, 0.29) is 0 Å². The summed E-state index contributed by atoms with van der Waals surface area (Å²) in [6.45, 7) is 6.93. The molecule has 0 saturated heterocycles. The molecule has 0 aliphatic carbocycles. The van der Waals surface area contributed by atoms with E-state index in [1.54, 1.807) is 0 Å². The van der Waals surface area contributed by atoms with Gasteiger partial charge in [0.1, 0.15) is 11.4 Å². The number of para-hydroxylation sites is 1. The molecule has 0 atom stereocenters. The predicted molar refractivity (Wildman–Crippen MR) is 77.6 cm³/mol. The van der Waals surface area contributed by atoms with Crippen LogP contribution in [0.4, 0.5) is 5.69 Å². The Bertz CT molecular complexity index is 561. The van der Waals surface area contributed by atoms with Gasteiger partial charge < -0.3 is 10.5 Å². The fourth-order valence-corrected chi connectivity index (χ4v) is 2.04. The van der Waals surface area contributed by atoms with Gasteiger partial charge in [0.2, 0.25) is 5.88 Å². The highest BCUT2D eigenvalue weighted by Crippen LogP contribution is 2.32. The number of hydrogen-bond acceptors (Lipinski definition) is 3. The largest absolute Gasteiger partial charge is 0.437 e. The van der Waals surface area contributed by atoms with E-state index < -0.39 is 0 Å². The summed E-state index contributed by atoms with van der Waals surface area (Å²) in [5.41, 5.74) is 8.68. The molecule has 1 aromatic heterocycles. The molecule has 0 spiro atoms. The first-order valence-corrected chi connectivity index (χ1v) is 6.76. The molecule has 0 unspecified atom stereocenters. The van der Waals surface area contributed by atoms with E-state index in [0.29, 0.717) is 11.6 Å². The molecule has 2 N–H and O–H groups in total. The van der Waals surface area contributed by atoms with Crippen LogP contribution in [0.3, 0.4) is 0 Å². The molecule has 19 heavy (non-hydrogen) atoms. The standard InChI is InChI=1S/C15H21N3O/c1-4-10-18-15(14(16)11(3)17-18)19-13-9-7-6-8-12(13)5-2/h6-9H,4-5,10,16H2,1-3H3. The van der Waals surface area contributed by atoms with E-state index in [2.05, 4.69) is 25.0 Å². The monoisotopic (exact) mass is 259 g/mol. The number of nitrogens with zero attached hydrogens (tertiary/aromatic N) is 2. The normalized spacial score (nSPS) is 10.7. The maximum absolute atomic E-state index is 6.06. The van der Waals surface area contributed by atoms with E-state index in [0.717, 1.165) is 30.8 Å². The highest BCUT2D eigenvalue weighted by molar-refractivity contribution is 5.54. The second-order valence-electron chi connectivity index (χ2n) is 4.59. The van der Waals surface area contributed by atoms with Crippen LogP contribution >= 0.6 is 0 Å². The number of rotatable bonds is 5. The molecule has 1 aromatic carbocycles. The van der Waals surface area contributed by atoms with Crippen LogP contribution in [-0.4, -0.2) is 9.78 Å². The molecule has 0 saturated carbocycles. The van der Waals surface area contributed by atoms with Gasteiger partial charge in [-0.15, -0.1) is 0 Å². The number of benzene rings is 1. The summed E-state index contributed by atoms with van der Waals surface area (Å²) < 4.78 is 7.86. The number of nitrogen functional groups attached to an aromatic ring is 1. The van der Waals surface area contributed by atoms with E-state index in [9.17, 15) is 0 Å². The number of aromatic nitrogens is 2. The molecule has 4 nitrogen and oxygen atoms in total. The fraction of sp³-hybridized carbons (Fsp3) is 0.400. The van der Waals surface area contributed by atoms with Crippen LogP contribution in [0.5, 0.6) is 11.6 Å². The minimum atomic E-state index is 0.624. The van der Waals surface area contributed by atoms with Crippen LogP contribution in [0.25, 0.3) is 0 Å². The Hall–Kier alpha value is -1.97. The van der Waals surface area contributed by atoms with Crippen LogP contribution in [0, 0.1) is 6.92 Å². The van der Waals surface area contributed by atoms with Crippen molar-refractivity contribution in [2.75, 3.05) is 5.73 Å². The maximum Gasteiger partial charge on any atom is 0.241 e. The predicted octanol–water partition coefficient (Wildman–Crippen LogP) is 3.54. The summed E-state index contributed by atoms with van der Waals surface area (Å²) in [7, 11) is 0. The quantitative estimate of drug-likeness (QED) is 0.893. The summed E-state index contributed by atoms with van der Waals surface area (Å²) in [4.78, 5) is 0. The van der Waals surface area contributed by atoms with Crippen molar-refractivity contribution in [3.63, 3.8) is 0 Å². The Morgan fingerprint density at radius 1 is 1.26 bits per heavy atom. The molecule has 1 heterocycles. The number of nitrogens with two attached hydrogens (primary N) is 1. The summed E-state index contributed by atoms with van der Waals surface area (Å²) in [5.74, 6) is 1.51. The third-order valence-electron chi connectivity index (χ3n) is 3.12. The van der Waals surface area contributed by atoms with Crippen molar-refractivity contribution >= 4 is 5.69 Å².